The van der Waals surface area contributed by atoms with Gasteiger partial charge < -0.3 is 5.32 Å². The van der Waals surface area contributed by atoms with E-state index in [1.165, 1.54) is 0 Å². The Labute approximate surface area is 166 Å². The molecule has 1 aromatic carbocycles. The molecule has 0 unspecified atom stereocenters. The summed E-state index contributed by atoms with van der Waals surface area (Å²) in [5.74, 6) is -0.113. The highest BCUT2D eigenvalue weighted by molar-refractivity contribution is 6.00. The van der Waals surface area contributed by atoms with E-state index in [0.717, 1.165) is 37.9 Å². The van der Waals surface area contributed by atoms with E-state index in [0.29, 0.717) is 16.0 Å². The number of nitrogens with zero attached hydrogens (tertiary/aromatic N) is 3. The third-order valence-electron chi connectivity index (χ3n) is 5.50. The van der Waals surface area contributed by atoms with Gasteiger partial charge in [-0.1, -0.05) is 50.1 Å². The van der Waals surface area contributed by atoms with Crippen LogP contribution in [0.5, 0.6) is 0 Å². The Morgan fingerprint density at radius 3 is 2.59 bits per heavy atom. The Balaban J connectivity index is 1.78. The second kappa shape index (κ2) is 7.50. The van der Waals surface area contributed by atoms with E-state index in [1.54, 1.807) is 30.3 Å². The molecule has 4 rings (SSSR count). The number of benzene rings is 1. The van der Waals surface area contributed by atoms with Crippen molar-refractivity contribution in [3.63, 3.8) is 0 Å². The number of nitrogens with one attached hydrogen (secondary N) is 1. The van der Waals surface area contributed by atoms with E-state index in [9.17, 15) is 18.0 Å². The van der Waals surface area contributed by atoms with Gasteiger partial charge in [0, 0.05) is 11.6 Å². The topological polar surface area (TPSA) is 59.3 Å². The van der Waals surface area contributed by atoms with Gasteiger partial charge in [-0.15, -0.1) is 0 Å². The number of carbonyl (C=O) groups is 1. The molecular weight excluding hydrogens is 381 g/mol. The van der Waals surface area contributed by atoms with Gasteiger partial charge in [-0.2, -0.15) is 18.3 Å². The minimum absolute atomic E-state index is 0.00518. The van der Waals surface area contributed by atoms with Crippen LogP contribution in [0.2, 0.25) is 0 Å². The van der Waals surface area contributed by atoms with Crippen molar-refractivity contribution >= 4 is 11.6 Å². The Bertz CT molecular complexity index is 1030. The summed E-state index contributed by atoms with van der Waals surface area (Å²) in [7, 11) is 0. The van der Waals surface area contributed by atoms with Gasteiger partial charge >= 0.3 is 6.18 Å². The van der Waals surface area contributed by atoms with Crippen LogP contribution in [0.1, 0.15) is 48.7 Å². The van der Waals surface area contributed by atoms with E-state index < -0.39 is 17.8 Å². The van der Waals surface area contributed by atoms with Crippen LogP contribution in [0.15, 0.2) is 42.6 Å². The first-order chi connectivity index (χ1) is 13.8. The molecule has 2 heterocycles. The Morgan fingerprint density at radius 1 is 1.17 bits per heavy atom. The standard InChI is InChI=1S/C21H21F3N4O/c1-13-7-5-6-10-16(13)27-20(29)15-12-25-28-18(21(22,23)24)11-17(26-19(15)28)14-8-3-2-4-9-14/h2-4,8-9,11-13,16H,5-7,10H2,1H3,(H,27,29)/t13-,16+/m0/s1. The van der Waals surface area contributed by atoms with Gasteiger partial charge in [0.25, 0.3) is 5.91 Å². The fraction of sp³-hybridized carbons (Fsp3) is 0.381. The molecule has 0 aliphatic heterocycles. The highest BCUT2D eigenvalue weighted by Crippen LogP contribution is 2.33. The van der Waals surface area contributed by atoms with Crippen LogP contribution in [0.25, 0.3) is 16.9 Å². The molecule has 8 heteroatoms. The van der Waals surface area contributed by atoms with Gasteiger partial charge in [0.15, 0.2) is 11.3 Å². The zero-order chi connectivity index (χ0) is 20.6. The van der Waals surface area contributed by atoms with Gasteiger partial charge in [-0.05, 0) is 24.8 Å². The van der Waals surface area contributed by atoms with Gasteiger partial charge in [0.2, 0.25) is 0 Å². The molecule has 2 atom stereocenters. The molecule has 1 saturated carbocycles. The van der Waals surface area contributed by atoms with Crippen molar-refractivity contribution in [2.24, 2.45) is 5.92 Å². The summed E-state index contributed by atoms with van der Waals surface area (Å²) in [4.78, 5) is 17.2. The lowest BCUT2D eigenvalue weighted by molar-refractivity contribution is -0.142. The summed E-state index contributed by atoms with van der Waals surface area (Å²) in [6.07, 6.45) is 0.564. The number of aromatic nitrogens is 3. The van der Waals surface area contributed by atoms with Crippen molar-refractivity contribution in [2.75, 3.05) is 0 Å². The van der Waals surface area contributed by atoms with Gasteiger partial charge in [-0.25, -0.2) is 9.50 Å². The lowest BCUT2D eigenvalue weighted by Crippen LogP contribution is -2.41. The quantitative estimate of drug-likeness (QED) is 0.689. The summed E-state index contributed by atoms with van der Waals surface area (Å²) in [6, 6.07) is 9.55. The third-order valence-corrected chi connectivity index (χ3v) is 5.50. The smallest absolute Gasteiger partial charge is 0.349 e. The first-order valence-corrected chi connectivity index (χ1v) is 9.67. The maximum atomic E-state index is 13.7. The first kappa shape index (κ1) is 19.4. The van der Waals surface area contributed by atoms with Crippen molar-refractivity contribution in [2.45, 2.75) is 44.8 Å². The predicted octanol–water partition coefficient (Wildman–Crippen LogP) is 4.72. The number of hydrogen-bond donors (Lipinski definition) is 1. The van der Waals surface area contributed by atoms with Crippen LogP contribution in [-0.4, -0.2) is 26.5 Å². The minimum Gasteiger partial charge on any atom is -0.349 e. The van der Waals surface area contributed by atoms with Crippen molar-refractivity contribution in [3.05, 3.63) is 53.9 Å². The summed E-state index contributed by atoms with van der Waals surface area (Å²) in [5, 5.41) is 6.79. The van der Waals surface area contributed by atoms with Crippen molar-refractivity contribution in [1.29, 1.82) is 0 Å². The minimum atomic E-state index is -4.64. The highest BCUT2D eigenvalue weighted by Gasteiger charge is 2.36. The summed E-state index contributed by atoms with van der Waals surface area (Å²) >= 11 is 0. The molecule has 0 radical (unpaired) electrons. The lowest BCUT2D eigenvalue weighted by Gasteiger charge is -2.29. The molecule has 0 bridgehead atoms. The number of rotatable bonds is 3. The number of amides is 1. The maximum Gasteiger partial charge on any atom is 0.433 e. The number of halogens is 3. The van der Waals surface area contributed by atoms with Gasteiger partial charge in [0.05, 0.1) is 11.9 Å². The van der Waals surface area contributed by atoms with E-state index in [4.69, 9.17) is 0 Å². The van der Waals surface area contributed by atoms with Crippen LogP contribution in [0.4, 0.5) is 13.2 Å². The average Bonchev–Trinajstić information content (AvgIpc) is 3.13. The molecule has 0 spiro atoms. The van der Waals surface area contributed by atoms with Gasteiger partial charge in [-0.3, -0.25) is 4.79 Å². The van der Waals surface area contributed by atoms with E-state index in [2.05, 4.69) is 22.3 Å². The van der Waals surface area contributed by atoms with E-state index in [1.807, 2.05) is 0 Å². The SMILES string of the molecule is C[C@H]1CCCC[C@H]1NC(=O)c1cnn2c(C(F)(F)F)cc(-c3ccccc3)nc12. The summed E-state index contributed by atoms with van der Waals surface area (Å²) in [5.41, 5.74) is -0.336. The molecule has 2 aromatic heterocycles. The third kappa shape index (κ3) is 3.83. The van der Waals surface area contributed by atoms with Crippen LogP contribution >= 0.6 is 0 Å². The molecule has 152 valence electrons. The molecule has 1 aliphatic carbocycles. The zero-order valence-electron chi connectivity index (χ0n) is 15.9. The molecule has 1 fully saturated rings. The zero-order valence-corrected chi connectivity index (χ0v) is 15.9. The molecule has 29 heavy (non-hydrogen) atoms. The fourth-order valence-corrected chi connectivity index (χ4v) is 3.86. The Hall–Kier alpha value is -2.90. The highest BCUT2D eigenvalue weighted by atomic mass is 19.4. The van der Waals surface area contributed by atoms with Crippen LogP contribution < -0.4 is 5.32 Å². The average molecular weight is 402 g/mol. The lowest BCUT2D eigenvalue weighted by atomic mass is 9.86. The van der Waals surface area contributed by atoms with Gasteiger partial charge in [0.1, 0.15) is 5.56 Å². The van der Waals surface area contributed by atoms with E-state index in [-0.39, 0.29) is 22.9 Å². The number of alkyl halides is 3. The van der Waals surface area contributed by atoms with Crippen molar-refractivity contribution in [3.8, 4) is 11.3 Å². The van der Waals surface area contributed by atoms with Crippen molar-refractivity contribution < 1.29 is 18.0 Å². The largest absolute Gasteiger partial charge is 0.433 e. The molecule has 1 aliphatic rings. The van der Waals surface area contributed by atoms with Crippen LogP contribution in [0.3, 0.4) is 0 Å². The molecule has 5 nitrogen and oxygen atoms in total. The van der Waals surface area contributed by atoms with Crippen LogP contribution in [-0.2, 0) is 6.18 Å². The molecule has 3 aromatic rings. The first-order valence-electron chi connectivity index (χ1n) is 9.67. The molecule has 1 N–H and O–H groups in total. The number of fused-ring (bicyclic) bond motifs is 1. The number of carbonyl (C=O) groups excluding carboxylic acids is 1. The fourth-order valence-electron chi connectivity index (χ4n) is 3.86. The second-order valence-electron chi connectivity index (χ2n) is 7.53. The predicted molar refractivity (Wildman–Crippen MR) is 102 cm³/mol. The molecular formula is C21H21F3N4O. The Morgan fingerprint density at radius 2 is 1.90 bits per heavy atom. The summed E-state index contributed by atoms with van der Waals surface area (Å²) < 4.78 is 41.7. The van der Waals surface area contributed by atoms with Crippen LogP contribution in [0, 0.1) is 5.92 Å². The second-order valence-corrected chi connectivity index (χ2v) is 7.53. The summed E-state index contributed by atoms with van der Waals surface area (Å²) in [6.45, 7) is 2.08. The molecule has 1 amide bonds. The Kier molecular flexibility index (Phi) is 5.02. The monoisotopic (exact) mass is 402 g/mol. The van der Waals surface area contributed by atoms with Crippen molar-refractivity contribution in [1.82, 2.24) is 19.9 Å². The normalized spacial score (nSPS) is 20.0. The molecule has 0 saturated heterocycles. The van der Waals surface area contributed by atoms with E-state index >= 15 is 0 Å². The number of hydrogen-bond acceptors (Lipinski definition) is 3. The maximum absolute atomic E-state index is 13.7.